The van der Waals surface area contributed by atoms with Crippen LogP contribution in [0.4, 0.5) is 0 Å². The van der Waals surface area contributed by atoms with Gasteiger partial charge in [0, 0.05) is 25.1 Å². The lowest BCUT2D eigenvalue weighted by molar-refractivity contribution is -0.117. The van der Waals surface area contributed by atoms with E-state index >= 15 is 0 Å². The first-order valence-corrected chi connectivity index (χ1v) is 6.62. The van der Waals surface area contributed by atoms with Gasteiger partial charge in [-0.15, -0.1) is 6.58 Å². The molecule has 1 amide bonds. The molecule has 0 atom stereocenters. The molecule has 104 valence electrons. The SMILES string of the molecule is C=CCn1c(CCNC(=O)C(=C)C)nc2ccccc21. The molecular formula is C16H19N3O. The van der Waals surface area contributed by atoms with Crippen molar-refractivity contribution in [3.63, 3.8) is 0 Å². The number of carbonyl (C=O) groups is 1. The minimum absolute atomic E-state index is 0.114. The van der Waals surface area contributed by atoms with Gasteiger partial charge in [-0.25, -0.2) is 4.98 Å². The lowest BCUT2D eigenvalue weighted by Crippen LogP contribution is -2.26. The van der Waals surface area contributed by atoms with Gasteiger partial charge >= 0.3 is 0 Å². The Morgan fingerprint density at radius 1 is 1.45 bits per heavy atom. The van der Waals surface area contributed by atoms with Gasteiger partial charge in [-0.3, -0.25) is 4.79 Å². The number of imidazole rings is 1. The van der Waals surface area contributed by atoms with Crippen molar-refractivity contribution in [2.75, 3.05) is 6.54 Å². The molecule has 1 heterocycles. The van der Waals surface area contributed by atoms with Gasteiger partial charge in [0.2, 0.25) is 5.91 Å². The number of nitrogens with zero attached hydrogens (tertiary/aromatic N) is 2. The fourth-order valence-electron chi connectivity index (χ4n) is 2.09. The zero-order valence-corrected chi connectivity index (χ0v) is 11.7. The topological polar surface area (TPSA) is 46.9 Å². The van der Waals surface area contributed by atoms with E-state index in [1.54, 1.807) is 6.92 Å². The third-order valence-corrected chi connectivity index (χ3v) is 3.07. The summed E-state index contributed by atoms with van der Waals surface area (Å²) in [5, 5.41) is 2.83. The summed E-state index contributed by atoms with van der Waals surface area (Å²) in [6.45, 7) is 10.4. The molecule has 20 heavy (non-hydrogen) atoms. The normalized spacial score (nSPS) is 10.4. The predicted octanol–water partition coefficient (Wildman–Crippen LogP) is 2.46. The van der Waals surface area contributed by atoms with Gasteiger partial charge in [-0.1, -0.05) is 24.8 Å². The van der Waals surface area contributed by atoms with E-state index in [1.165, 1.54) is 0 Å². The molecule has 0 spiro atoms. The average molecular weight is 269 g/mol. The van der Waals surface area contributed by atoms with Gasteiger partial charge in [-0.05, 0) is 19.1 Å². The molecule has 1 aromatic heterocycles. The maximum atomic E-state index is 11.5. The number of carbonyl (C=O) groups excluding carboxylic acids is 1. The van der Waals surface area contributed by atoms with Crippen LogP contribution in [0.2, 0.25) is 0 Å². The third-order valence-electron chi connectivity index (χ3n) is 3.07. The second kappa shape index (κ2) is 6.19. The smallest absolute Gasteiger partial charge is 0.246 e. The Balaban J connectivity index is 2.16. The largest absolute Gasteiger partial charge is 0.352 e. The number of allylic oxidation sites excluding steroid dienone is 1. The molecule has 0 radical (unpaired) electrons. The fourth-order valence-corrected chi connectivity index (χ4v) is 2.09. The Bertz CT molecular complexity index is 655. The summed E-state index contributed by atoms with van der Waals surface area (Å²) < 4.78 is 2.12. The van der Waals surface area contributed by atoms with Crippen LogP contribution in [0.1, 0.15) is 12.7 Å². The van der Waals surface area contributed by atoms with Gasteiger partial charge in [-0.2, -0.15) is 0 Å². The summed E-state index contributed by atoms with van der Waals surface area (Å²) in [5.74, 6) is 0.837. The minimum atomic E-state index is -0.114. The molecule has 1 N–H and O–H groups in total. The number of aromatic nitrogens is 2. The van der Waals surface area contributed by atoms with Crippen LogP contribution in [0.5, 0.6) is 0 Å². The molecule has 4 heteroatoms. The van der Waals surface area contributed by atoms with E-state index in [-0.39, 0.29) is 5.91 Å². The quantitative estimate of drug-likeness (QED) is 0.647. The zero-order valence-electron chi connectivity index (χ0n) is 11.7. The zero-order chi connectivity index (χ0) is 14.5. The molecule has 2 aromatic rings. The summed E-state index contributed by atoms with van der Waals surface area (Å²) in [5.41, 5.74) is 2.58. The van der Waals surface area contributed by atoms with Gasteiger partial charge in [0.15, 0.2) is 0 Å². The molecule has 4 nitrogen and oxygen atoms in total. The van der Waals surface area contributed by atoms with E-state index in [2.05, 4.69) is 28.0 Å². The van der Waals surface area contributed by atoms with Crippen molar-refractivity contribution in [3.05, 3.63) is 54.9 Å². The number of benzene rings is 1. The Labute approximate surface area is 118 Å². The number of fused-ring (bicyclic) bond motifs is 1. The van der Waals surface area contributed by atoms with E-state index in [1.807, 2.05) is 30.3 Å². The average Bonchev–Trinajstić information content (AvgIpc) is 2.77. The second-order valence-corrected chi connectivity index (χ2v) is 4.70. The highest BCUT2D eigenvalue weighted by molar-refractivity contribution is 5.92. The van der Waals surface area contributed by atoms with Crippen LogP contribution in [0, 0.1) is 0 Å². The van der Waals surface area contributed by atoms with E-state index in [4.69, 9.17) is 0 Å². The van der Waals surface area contributed by atoms with Crippen LogP contribution in [0.15, 0.2) is 49.1 Å². The van der Waals surface area contributed by atoms with Crippen LogP contribution < -0.4 is 5.32 Å². The highest BCUT2D eigenvalue weighted by Gasteiger charge is 2.09. The van der Waals surface area contributed by atoms with Crippen molar-refractivity contribution in [1.82, 2.24) is 14.9 Å². The van der Waals surface area contributed by atoms with E-state index in [9.17, 15) is 4.79 Å². The van der Waals surface area contributed by atoms with Crippen LogP contribution in [0.3, 0.4) is 0 Å². The molecular weight excluding hydrogens is 250 g/mol. The van der Waals surface area contributed by atoms with Crippen molar-refractivity contribution in [3.8, 4) is 0 Å². The maximum absolute atomic E-state index is 11.5. The number of rotatable bonds is 6. The summed E-state index contributed by atoms with van der Waals surface area (Å²) in [6.07, 6.45) is 2.53. The van der Waals surface area contributed by atoms with Crippen molar-refractivity contribution in [1.29, 1.82) is 0 Å². The van der Waals surface area contributed by atoms with Crippen LogP contribution in [0.25, 0.3) is 11.0 Å². The van der Waals surface area contributed by atoms with Crippen LogP contribution >= 0.6 is 0 Å². The van der Waals surface area contributed by atoms with Crippen molar-refractivity contribution >= 4 is 16.9 Å². The fraction of sp³-hybridized carbons (Fsp3) is 0.250. The molecule has 0 saturated heterocycles. The number of hydrogen-bond acceptors (Lipinski definition) is 2. The number of hydrogen-bond donors (Lipinski definition) is 1. The predicted molar refractivity (Wildman–Crippen MR) is 81.5 cm³/mol. The number of nitrogens with one attached hydrogen (secondary N) is 1. The van der Waals surface area contributed by atoms with E-state index in [0.29, 0.717) is 25.1 Å². The molecule has 0 aliphatic rings. The van der Waals surface area contributed by atoms with Crippen molar-refractivity contribution in [2.45, 2.75) is 19.9 Å². The maximum Gasteiger partial charge on any atom is 0.246 e. The van der Waals surface area contributed by atoms with Crippen LogP contribution in [-0.4, -0.2) is 22.0 Å². The summed E-state index contributed by atoms with van der Waals surface area (Å²) >= 11 is 0. The Hall–Kier alpha value is -2.36. The highest BCUT2D eigenvalue weighted by Crippen LogP contribution is 2.16. The van der Waals surface area contributed by atoms with Crippen molar-refractivity contribution < 1.29 is 4.79 Å². The molecule has 1 aromatic carbocycles. The second-order valence-electron chi connectivity index (χ2n) is 4.70. The molecule has 0 saturated carbocycles. The molecule has 0 aliphatic heterocycles. The van der Waals surface area contributed by atoms with Gasteiger partial charge in [0.05, 0.1) is 11.0 Å². The highest BCUT2D eigenvalue weighted by atomic mass is 16.1. The molecule has 2 rings (SSSR count). The first-order valence-electron chi connectivity index (χ1n) is 6.62. The third kappa shape index (κ3) is 2.96. The summed E-state index contributed by atoms with van der Waals surface area (Å²) in [7, 11) is 0. The van der Waals surface area contributed by atoms with Gasteiger partial charge in [0.25, 0.3) is 0 Å². The molecule has 0 aliphatic carbocycles. The molecule has 0 bridgehead atoms. The van der Waals surface area contributed by atoms with E-state index in [0.717, 1.165) is 16.9 Å². The van der Waals surface area contributed by atoms with E-state index < -0.39 is 0 Å². The molecule has 0 unspecified atom stereocenters. The first kappa shape index (κ1) is 14.1. The monoisotopic (exact) mass is 269 g/mol. The Morgan fingerprint density at radius 3 is 2.90 bits per heavy atom. The first-order chi connectivity index (χ1) is 9.63. The molecule has 0 fully saturated rings. The number of para-hydroxylation sites is 2. The van der Waals surface area contributed by atoms with Crippen molar-refractivity contribution in [2.24, 2.45) is 0 Å². The standard InChI is InChI=1S/C16H19N3O/c1-4-11-19-14-8-6-5-7-13(14)18-15(19)9-10-17-16(20)12(2)3/h4-8H,1-2,9-11H2,3H3,(H,17,20). The minimum Gasteiger partial charge on any atom is -0.352 e. The Kier molecular flexibility index (Phi) is 4.35. The lowest BCUT2D eigenvalue weighted by Gasteiger charge is -2.07. The summed E-state index contributed by atoms with van der Waals surface area (Å²) in [4.78, 5) is 16.1. The van der Waals surface area contributed by atoms with Gasteiger partial charge in [0.1, 0.15) is 5.82 Å². The number of amides is 1. The van der Waals surface area contributed by atoms with Gasteiger partial charge < -0.3 is 9.88 Å². The summed E-state index contributed by atoms with van der Waals surface area (Å²) in [6, 6.07) is 8.00. The van der Waals surface area contributed by atoms with Crippen LogP contribution in [-0.2, 0) is 17.8 Å². The Morgan fingerprint density at radius 2 is 2.20 bits per heavy atom. The lowest BCUT2D eigenvalue weighted by atomic mass is 10.3.